The van der Waals surface area contributed by atoms with Crippen LogP contribution < -0.4 is 16.8 Å². The normalized spacial score (nSPS) is 10.4. The molecule has 0 unspecified atom stereocenters. The molecule has 5 nitrogen and oxygen atoms in total. The Morgan fingerprint density at radius 2 is 2.26 bits per heavy atom. The van der Waals surface area contributed by atoms with Gasteiger partial charge in [-0.2, -0.15) is 0 Å². The van der Waals surface area contributed by atoms with Crippen molar-refractivity contribution >= 4 is 40.4 Å². The van der Waals surface area contributed by atoms with Crippen LogP contribution >= 0.6 is 22.9 Å². The molecule has 0 bridgehead atoms. The number of amides is 1. The van der Waals surface area contributed by atoms with Crippen LogP contribution in [-0.4, -0.2) is 17.4 Å². The topological polar surface area (TPSA) is 94.0 Å². The number of nitrogens with one attached hydrogen (secondary N) is 1. The summed E-state index contributed by atoms with van der Waals surface area (Å²) >= 11 is 7.38. The van der Waals surface area contributed by atoms with E-state index in [9.17, 15) is 4.79 Å². The van der Waals surface area contributed by atoms with Gasteiger partial charge in [-0.15, -0.1) is 11.3 Å². The number of carbonyl (C=O) groups excluding carboxylic acids is 1. The predicted molar refractivity (Wildman–Crippen MR) is 78.7 cm³/mol. The summed E-state index contributed by atoms with van der Waals surface area (Å²) in [6.07, 6.45) is 2.28. The van der Waals surface area contributed by atoms with E-state index in [1.807, 2.05) is 12.1 Å². The fraction of sp³-hybridized carbons (Fsp3) is 0.167. The third kappa shape index (κ3) is 3.59. The number of halogens is 1. The number of hydrogen-bond acceptors (Lipinski definition) is 5. The molecule has 0 aromatic carbocycles. The minimum atomic E-state index is -0.554. The van der Waals surface area contributed by atoms with E-state index in [4.69, 9.17) is 23.1 Å². The molecule has 2 aromatic rings. The van der Waals surface area contributed by atoms with Crippen molar-refractivity contribution in [2.75, 3.05) is 17.6 Å². The summed E-state index contributed by atoms with van der Waals surface area (Å²) in [4.78, 5) is 16.5. The zero-order valence-corrected chi connectivity index (χ0v) is 11.6. The van der Waals surface area contributed by atoms with E-state index in [-0.39, 0.29) is 0 Å². The van der Waals surface area contributed by atoms with Crippen molar-refractivity contribution < 1.29 is 4.79 Å². The maximum absolute atomic E-state index is 11.3. The lowest BCUT2D eigenvalue weighted by Crippen LogP contribution is -2.17. The molecule has 1 amide bonds. The number of pyridine rings is 1. The lowest BCUT2D eigenvalue weighted by molar-refractivity contribution is 0.100. The molecule has 2 rings (SSSR count). The maximum Gasteiger partial charge on any atom is 0.252 e. The van der Waals surface area contributed by atoms with E-state index < -0.39 is 5.91 Å². The number of anilines is 2. The van der Waals surface area contributed by atoms with Crippen LogP contribution in [0, 0.1) is 0 Å². The minimum absolute atomic E-state index is 0.296. The Hall–Kier alpha value is -1.79. The number of carbonyl (C=O) groups is 1. The number of aromatic nitrogens is 1. The molecule has 0 radical (unpaired) electrons. The zero-order valence-electron chi connectivity index (χ0n) is 10.0. The number of rotatable bonds is 5. The molecule has 0 spiro atoms. The van der Waals surface area contributed by atoms with Gasteiger partial charge in [-0.1, -0.05) is 11.6 Å². The summed E-state index contributed by atoms with van der Waals surface area (Å²) in [6.45, 7) is 0.633. The summed E-state index contributed by atoms with van der Waals surface area (Å²) in [6, 6.07) is 5.34. The van der Waals surface area contributed by atoms with Gasteiger partial charge in [-0.3, -0.25) is 4.79 Å². The van der Waals surface area contributed by atoms with Crippen molar-refractivity contribution in [2.45, 2.75) is 6.42 Å². The quantitative estimate of drug-likeness (QED) is 0.788. The van der Waals surface area contributed by atoms with Gasteiger partial charge in [-0.25, -0.2) is 4.98 Å². The molecule has 0 atom stereocenters. The third-order valence-electron chi connectivity index (χ3n) is 2.47. The molecule has 100 valence electrons. The van der Waals surface area contributed by atoms with Crippen molar-refractivity contribution in [3.63, 3.8) is 0 Å². The second-order valence-corrected chi connectivity index (χ2v) is 5.71. The Labute approximate surface area is 119 Å². The minimum Gasteiger partial charge on any atom is -0.397 e. The monoisotopic (exact) mass is 296 g/mol. The zero-order chi connectivity index (χ0) is 13.8. The van der Waals surface area contributed by atoms with Gasteiger partial charge >= 0.3 is 0 Å². The van der Waals surface area contributed by atoms with E-state index in [1.165, 1.54) is 23.6 Å². The summed E-state index contributed by atoms with van der Waals surface area (Å²) < 4.78 is 0.762. The van der Waals surface area contributed by atoms with E-state index >= 15 is 0 Å². The summed E-state index contributed by atoms with van der Waals surface area (Å²) in [7, 11) is 0. The van der Waals surface area contributed by atoms with Crippen LogP contribution in [0.15, 0.2) is 24.4 Å². The van der Waals surface area contributed by atoms with Gasteiger partial charge < -0.3 is 16.8 Å². The Morgan fingerprint density at radius 3 is 2.89 bits per heavy atom. The SMILES string of the molecule is NC(=O)c1cc(N)cnc1NCCc1ccc(Cl)s1. The second-order valence-electron chi connectivity index (χ2n) is 3.91. The number of thiophene rings is 1. The average Bonchev–Trinajstić information content (AvgIpc) is 2.77. The second kappa shape index (κ2) is 5.90. The molecule has 0 aliphatic carbocycles. The number of hydrogen-bond donors (Lipinski definition) is 3. The van der Waals surface area contributed by atoms with Crippen LogP contribution in [0.25, 0.3) is 0 Å². The summed E-state index contributed by atoms with van der Waals surface area (Å²) in [5.74, 6) is -0.106. The number of primary amides is 1. The highest BCUT2D eigenvalue weighted by atomic mass is 35.5. The highest BCUT2D eigenvalue weighted by molar-refractivity contribution is 7.16. The van der Waals surface area contributed by atoms with Crippen molar-refractivity contribution in [1.29, 1.82) is 0 Å². The first-order chi connectivity index (χ1) is 9.06. The van der Waals surface area contributed by atoms with Crippen LogP contribution in [0.2, 0.25) is 4.34 Å². The third-order valence-corrected chi connectivity index (χ3v) is 3.76. The lowest BCUT2D eigenvalue weighted by atomic mass is 10.2. The summed E-state index contributed by atoms with van der Waals surface area (Å²) in [5.41, 5.74) is 11.6. The molecule has 0 saturated heterocycles. The smallest absolute Gasteiger partial charge is 0.252 e. The molecule has 0 aliphatic heterocycles. The highest BCUT2D eigenvalue weighted by Gasteiger charge is 2.09. The molecule has 5 N–H and O–H groups in total. The molecular weight excluding hydrogens is 284 g/mol. The van der Waals surface area contributed by atoms with Gasteiger partial charge in [0.2, 0.25) is 0 Å². The van der Waals surface area contributed by atoms with Crippen molar-refractivity contribution in [3.05, 3.63) is 39.2 Å². The molecule has 19 heavy (non-hydrogen) atoms. The molecule has 7 heteroatoms. The Morgan fingerprint density at radius 1 is 1.47 bits per heavy atom. The van der Waals surface area contributed by atoms with E-state index in [1.54, 1.807) is 0 Å². The first-order valence-electron chi connectivity index (χ1n) is 5.59. The Bertz CT molecular complexity index is 599. The molecule has 2 aromatic heterocycles. The van der Waals surface area contributed by atoms with Gasteiger partial charge in [0, 0.05) is 11.4 Å². The molecular formula is C12H13ClN4OS. The highest BCUT2D eigenvalue weighted by Crippen LogP contribution is 2.22. The average molecular weight is 297 g/mol. The van der Waals surface area contributed by atoms with E-state index in [0.717, 1.165) is 15.6 Å². The fourth-order valence-electron chi connectivity index (χ4n) is 1.60. The number of nitrogen functional groups attached to an aromatic ring is 1. The molecule has 0 saturated carbocycles. The Kier molecular flexibility index (Phi) is 4.24. The van der Waals surface area contributed by atoms with Crippen LogP contribution in [0.1, 0.15) is 15.2 Å². The lowest BCUT2D eigenvalue weighted by Gasteiger charge is -2.08. The van der Waals surface area contributed by atoms with Gasteiger partial charge in [0.1, 0.15) is 5.82 Å². The van der Waals surface area contributed by atoms with Crippen LogP contribution in [0.5, 0.6) is 0 Å². The molecule has 2 heterocycles. The first-order valence-corrected chi connectivity index (χ1v) is 6.79. The molecule has 0 aliphatic rings. The van der Waals surface area contributed by atoms with Crippen molar-refractivity contribution in [1.82, 2.24) is 4.98 Å². The fourth-order valence-corrected chi connectivity index (χ4v) is 2.69. The van der Waals surface area contributed by atoms with E-state index in [0.29, 0.717) is 23.6 Å². The van der Waals surface area contributed by atoms with Crippen LogP contribution in [0.3, 0.4) is 0 Å². The van der Waals surface area contributed by atoms with E-state index in [2.05, 4.69) is 10.3 Å². The number of nitrogens with two attached hydrogens (primary N) is 2. The van der Waals surface area contributed by atoms with Gasteiger partial charge in [0.15, 0.2) is 0 Å². The maximum atomic E-state index is 11.3. The summed E-state index contributed by atoms with van der Waals surface area (Å²) in [5, 5.41) is 3.08. The largest absolute Gasteiger partial charge is 0.397 e. The van der Waals surface area contributed by atoms with Gasteiger partial charge in [0.25, 0.3) is 5.91 Å². The van der Waals surface area contributed by atoms with Gasteiger partial charge in [-0.05, 0) is 24.6 Å². The Balaban J connectivity index is 2.01. The first kappa shape index (κ1) is 13.6. The van der Waals surface area contributed by atoms with Gasteiger partial charge in [0.05, 0.1) is 21.8 Å². The standard InChI is InChI=1S/C12H13ClN4OS/c13-10-2-1-8(19-10)3-4-16-12-9(11(15)18)5-7(14)6-17-12/h1-2,5-6H,3-4,14H2,(H2,15,18)(H,16,17). The molecule has 0 fully saturated rings. The van der Waals surface area contributed by atoms with Crippen LogP contribution in [-0.2, 0) is 6.42 Å². The van der Waals surface area contributed by atoms with Crippen molar-refractivity contribution in [3.8, 4) is 0 Å². The van der Waals surface area contributed by atoms with Crippen LogP contribution in [0.4, 0.5) is 11.5 Å². The predicted octanol–water partition coefficient (Wildman–Crippen LogP) is 2.13. The number of nitrogens with zero attached hydrogens (tertiary/aromatic N) is 1. The van der Waals surface area contributed by atoms with Crippen molar-refractivity contribution in [2.24, 2.45) is 5.73 Å².